The Balaban J connectivity index is 1.37. The summed E-state index contributed by atoms with van der Waals surface area (Å²) >= 11 is 0. The lowest BCUT2D eigenvalue weighted by molar-refractivity contribution is -0.138. The summed E-state index contributed by atoms with van der Waals surface area (Å²) in [5.41, 5.74) is 3.26. The van der Waals surface area contributed by atoms with Gasteiger partial charge >= 0.3 is 5.97 Å². The quantitative estimate of drug-likeness (QED) is 0.623. The van der Waals surface area contributed by atoms with Crippen LogP contribution in [0.25, 0.3) is 0 Å². The average molecular weight is 312 g/mol. The van der Waals surface area contributed by atoms with Gasteiger partial charge in [-0.15, -0.1) is 0 Å². The van der Waals surface area contributed by atoms with Gasteiger partial charge in [0, 0.05) is 38.8 Å². The summed E-state index contributed by atoms with van der Waals surface area (Å²) in [6, 6.07) is 0.500. The van der Waals surface area contributed by atoms with Gasteiger partial charge in [0.25, 0.3) is 0 Å². The van der Waals surface area contributed by atoms with Crippen molar-refractivity contribution in [1.82, 2.24) is 20.6 Å². The molecular formula is C15H28N4O3. The third-order valence-corrected chi connectivity index (χ3v) is 5.14. The summed E-state index contributed by atoms with van der Waals surface area (Å²) in [5.74, 6) is 0.000235. The first-order chi connectivity index (χ1) is 10.7. The van der Waals surface area contributed by atoms with E-state index in [0.717, 1.165) is 58.2 Å². The monoisotopic (exact) mass is 312 g/mol. The predicted molar refractivity (Wildman–Crippen MR) is 82.5 cm³/mol. The highest BCUT2D eigenvalue weighted by Gasteiger charge is 2.33. The minimum absolute atomic E-state index is 0.160. The minimum Gasteiger partial charge on any atom is -0.480 e. The van der Waals surface area contributed by atoms with Crippen molar-refractivity contribution in [3.63, 3.8) is 0 Å². The predicted octanol–water partition coefficient (Wildman–Crippen LogP) is -0.650. The molecular weight excluding hydrogens is 284 g/mol. The first-order valence-corrected chi connectivity index (χ1v) is 8.49. The van der Waals surface area contributed by atoms with Crippen molar-refractivity contribution >= 4 is 5.97 Å². The van der Waals surface area contributed by atoms with Crippen LogP contribution in [0.5, 0.6) is 0 Å². The van der Waals surface area contributed by atoms with E-state index in [-0.39, 0.29) is 12.6 Å². The number of rotatable bonds is 5. The molecule has 7 nitrogen and oxygen atoms in total. The molecule has 0 aromatic heterocycles. The number of carboxylic acids is 1. The van der Waals surface area contributed by atoms with E-state index in [9.17, 15) is 4.79 Å². The van der Waals surface area contributed by atoms with Crippen LogP contribution in [0.3, 0.4) is 0 Å². The van der Waals surface area contributed by atoms with E-state index in [0.29, 0.717) is 6.04 Å². The van der Waals surface area contributed by atoms with Crippen LogP contribution in [-0.4, -0.2) is 85.4 Å². The van der Waals surface area contributed by atoms with E-state index in [2.05, 4.69) is 15.7 Å². The Morgan fingerprint density at radius 1 is 1.14 bits per heavy atom. The number of hydrogen-bond acceptors (Lipinski definition) is 6. The van der Waals surface area contributed by atoms with E-state index < -0.39 is 5.97 Å². The van der Waals surface area contributed by atoms with Gasteiger partial charge in [0.1, 0.15) is 0 Å². The lowest BCUT2D eigenvalue weighted by atomic mass is 9.88. The van der Waals surface area contributed by atoms with Gasteiger partial charge in [0.05, 0.1) is 12.6 Å². The summed E-state index contributed by atoms with van der Waals surface area (Å²) in [6.07, 6.45) is 3.84. The second-order valence-electron chi connectivity index (χ2n) is 6.76. The summed E-state index contributed by atoms with van der Waals surface area (Å²) < 4.78 is 0. The summed E-state index contributed by atoms with van der Waals surface area (Å²) in [6.45, 7) is 6.91. The van der Waals surface area contributed by atoms with Crippen molar-refractivity contribution in [2.24, 2.45) is 5.92 Å². The fourth-order valence-electron chi connectivity index (χ4n) is 3.82. The molecule has 0 unspecified atom stereocenters. The Bertz CT molecular complexity index is 368. The Morgan fingerprint density at radius 3 is 2.50 bits per heavy atom. The van der Waals surface area contributed by atoms with Gasteiger partial charge in [-0.3, -0.25) is 19.4 Å². The molecule has 0 amide bonds. The number of aliphatic carboxylic acids is 1. The molecule has 22 heavy (non-hydrogen) atoms. The normalized spacial score (nSPS) is 32.4. The Kier molecular flexibility index (Phi) is 5.65. The zero-order chi connectivity index (χ0) is 15.4. The molecule has 3 aliphatic rings. The van der Waals surface area contributed by atoms with Crippen LogP contribution in [-0.2, 0) is 9.63 Å². The molecule has 3 saturated heterocycles. The van der Waals surface area contributed by atoms with E-state index in [1.54, 1.807) is 0 Å². The molecule has 0 radical (unpaired) electrons. The highest BCUT2D eigenvalue weighted by atomic mass is 16.7. The van der Waals surface area contributed by atoms with Crippen LogP contribution in [0, 0.1) is 5.92 Å². The van der Waals surface area contributed by atoms with Gasteiger partial charge < -0.3 is 10.4 Å². The third kappa shape index (κ3) is 4.39. The fourth-order valence-corrected chi connectivity index (χ4v) is 3.82. The maximum atomic E-state index is 10.7. The van der Waals surface area contributed by atoms with E-state index >= 15 is 0 Å². The van der Waals surface area contributed by atoms with Gasteiger partial charge in [0.15, 0.2) is 0 Å². The van der Waals surface area contributed by atoms with E-state index in [1.807, 2.05) is 4.90 Å². The lowest BCUT2D eigenvalue weighted by Gasteiger charge is -2.34. The molecule has 3 rings (SSSR count). The summed E-state index contributed by atoms with van der Waals surface area (Å²) in [5, 5.41) is 12.2. The zero-order valence-corrected chi connectivity index (χ0v) is 13.2. The van der Waals surface area contributed by atoms with Gasteiger partial charge in [-0.2, -0.15) is 5.48 Å². The Morgan fingerprint density at radius 2 is 1.82 bits per heavy atom. The number of piperazine rings is 1. The van der Waals surface area contributed by atoms with Crippen LogP contribution in [0.4, 0.5) is 0 Å². The number of hydrogen-bond donors (Lipinski definition) is 3. The smallest absolute Gasteiger partial charge is 0.317 e. The molecule has 0 saturated carbocycles. The fraction of sp³-hybridized carbons (Fsp3) is 0.933. The van der Waals surface area contributed by atoms with Gasteiger partial charge in [0.2, 0.25) is 0 Å². The molecule has 3 N–H and O–H groups in total. The highest BCUT2D eigenvalue weighted by molar-refractivity contribution is 5.69. The molecule has 126 valence electrons. The standard InChI is InChI=1S/C15H28N4O3/c20-15(21)11-19-7-5-18(6-8-19)10-13-9-14(17-22-13)12-1-3-16-4-2-12/h12-14,16-17H,1-11H2,(H,20,21)/t13-,14+/m0/s1. The molecule has 3 fully saturated rings. The van der Waals surface area contributed by atoms with Crippen molar-refractivity contribution < 1.29 is 14.7 Å². The Labute approximate surface area is 131 Å². The molecule has 3 aliphatic heterocycles. The number of carbonyl (C=O) groups is 1. The van der Waals surface area contributed by atoms with Gasteiger partial charge in [-0.05, 0) is 38.3 Å². The molecule has 7 heteroatoms. The number of carboxylic acid groups (broad SMARTS) is 1. The third-order valence-electron chi connectivity index (χ3n) is 5.14. The van der Waals surface area contributed by atoms with Crippen LogP contribution in [0.1, 0.15) is 19.3 Å². The second kappa shape index (κ2) is 7.70. The zero-order valence-electron chi connectivity index (χ0n) is 13.2. The molecule has 0 spiro atoms. The SMILES string of the molecule is O=C(O)CN1CCN(C[C@@H]2C[C@H](C3CCNCC3)NO2)CC1. The van der Waals surface area contributed by atoms with Crippen molar-refractivity contribution in [2.75, 3.05) is 52.4 Å². The van der Waals surface area contributed by atoms with Crippen molar-refractivity contribution in [3.8, 4) is 0 Å². The summed E-state index contributed by atoms with van der Waals surface area (Å²) in [4.78, 5) is 20.9. The van der Waals surface area contributed by atoms with Gasteiger partial charge in [-0.1, -0.05) is 0 Å². The van der Waals surface area contributed by atoms with Crippen LogP contribution >= 0.6 is 0 Å². The molecule has 3 heterocycles. The lowest BCUT2D eigenvalue weighted by Crippen LogP contribution is -2.49. The summed E-state index contributed by atoms with van der Waals surface area (Å²) in [7, 11) is 0. The maximum Gasteiger partial charge on any atom is 0.317 e. The van der Waals surface area contributed by atoms with Crippen molar-refractivity contribution in [3.05, 3.63) is 0 Å². The average Bonchev–Trinajstić information content (AvgIpc) is 2.98. The van der Waals surface area contributed by atoms with E-state index in [1.165, 1.54) is 12.8 Å². The van der Waals surface area contributed by atoms with Gasteiger partial charge in [-0.25, -0.2) is 0 Å². The highest BCUT2D eigenvalue weighted by Crippen LogP contribution is 2.25. The topological polar surface area (TPSA) is 77.1 Å². The van der Waals surface area contributed by atoms with Crippen LogP contribution in [0.2, 0.25) is 0 Å². The number of nitrogens with zero attached hydrogens (tertiary/aromatic N) is 2. The molecule has 0 bridgehead atoms. The van der Waals surface area contributed by atoms with Crippen molar-refractivity contribution in [1.29, 1.82) is 0 Å². The van der Waals surface area contributed by atoms with Crippen LogP contribution in [0.15, 0.2) is 0 Å². The van der Waals surface area contributed by atoms with Crippen molar-refractivity contribution in [2.45, 2.75) is 31.4 Å². The number of nitrogens with one attached hydrogen (secondary N) is 2. The Hall–Kier alpha value is -0.730. The number of piperidine rings is 1. The molecule has 0 aliphatic carbocycles. The second-order valence-corrected chi connectivity index (χ2v) is 6.76. The van der Waals surface area contributed by atoms with E-state index in [4.69, 9.17) is 9.94 Å². The first-order valence-electron chi connectivity index (χ1n) is 8.49. The number of hydroxylamine groups is 1. The molecule has 0 aromatic rings. The minimum atomic E-state index is -0.735. The first kappa shape index (κ1) is 16.1. The largest absolute Gasteiger partial charge is 0.480 e. The molecule has 0 aromatic carbocycles. The molecule has 2 atom stereocenters. The maximum absolute atomic E-state index is 10.7. The van der Waals surface area contributed by atoms with Crippen LogP contribution < -0.4 is 10.8 Å².